The first-order valence-electron chi connectivity index (χ1n) is 5.86. The number of imide groups is 2. The third-order valence-electron chi connectivity index (χ3n) is 2.98. The standard InChI is InChI=1S/C11H15N3O4/c1-6(12-5-7-3-2-4-18-7)8-9(15)13-11(17)14-10(8)16/h7-8H,2-5H2,1H3,(H2,13,14,15,16,17)/t7-/m1/s1. The van der Waals surface area contributed by atoms with Crippen LogP contribution in [0.25, 0.3) is 0 Å². The SMILES string of the molecule is CC(=NC[C@H]1CCCO1)C1C(=O)NC(=O)NC1=O. The second-order valence-electron chi connectivity index (χ2n) is 4.36. The first-order valence-corrected chi connectivity index (χ1v) is 5.86. The molecule has 0 saturated carbocycles. The van der Waals surface area contributed by atoms with Gasteiger partial charge in [0.05, 0.1) is 12.6 Å². The van der Waals surface area contributed by atoms with Gasteiger partial charge in [0.15, 0.2) is 5.92 Å². The fourth-order valence-electron chi connectivity index (χ4n) is 2.02. The minimum Gasteiger partial charge on any atom is -0.376 e. The largest absolute Gasteiger partial charge is 0.376 e. The predicted octanol–water partition coefficient (Wildman–Crippen LogP) is -0.392. The van der Waals surface area contributed by atoms with Gasteiger partial charge in [0, 0.05) is 12.3 Å². The van der Waals surface area contributed by atoms with E-state index < -0.39 is 23.8 Å². The Morgan fingerprint density at radius 2 is 2.00 bits per heavy atom. The molecule has 0 aromatic carbocycles. The Kier molecular flexibility index (Phi) is 3.71. The zero-order valence-corrected chi connectivity index (χ0v) is 10.1. The minimum absolute atomic E-state index is 0.0660. The van der Waals surface area contributed by atoms with E-state index >= 15 is 0 Å². The third-order valence-corrected chi connectivity index (χ3v) is 2.98. The van der Waals surface area contributed by atoms with Crippen molar-refractivity contribution in [3.63, 3.8) is 0 Å². The van der Waals surface area contributed by atoms with Gasteiger partial charge in [0.2, 0.25) is 11.8 Å². The molecule has 0 radical (unpaired) electrons. The lowest BCUT2D eigenvalue weighted by Crippen LogP contribution is -2.57. The molecule has 0 spiro atoms. The molecule has 2 aliphatic rings. The van der Waals surface area contributed by atoms with Gasteiger partial charge in [-0.1, -0.05) is 0 Å². The summed E-state index contributed by atoms with van der Waals surface area (Å²) in [7, 11) is 0. The zero-order valence-electron chi connectivity index (χ0n) is 10.1. The summed E-state index contributed by atoms with van der Waals surface area (Å²) < 4.78 is 5.40. The Bertz CT molecular complexity index is 393. The summed E-state index contributed by atoms with van der Waals surface area (Å²) in [5.74, 6) is -2.28. The van der Waals surface area contributed by atoms with E-state index in [1.807, 2.05) is 10.6 Å². The molecule has 2 N–H and O–H groups in total. The molecule has 0 aromatic heterocycles. The maximum atomic E-state index is 11.5. The van der Waals surface area contributed by atoms with Crippen molar-refractivity contribution in [2.75, 3.05) is 13.2 Å². The highest BCUT2D eigenvalue weighted by atomic mass is 16.5. The number of hydrogen-bond donors (Lipinski definition) is 2. The monoisotopic (exact) mass is 253 g/mol. The molecule has 18 heavy (non-hydrogen) atoms. The predicted molar refractivity (Wildman–Crippen MR) is 62.1 cm³/mol. The van der Waals surface area contributed by atoms with Gasteiger partial charge in [0.1, 0.15) is 0 Å². The fourth-order valence-corrected chi connectivity index (χ4v) is 2.02. The molecule has 2 aliphatic heterocycles. The molecule has 0 aromatic rings. The van der Waals surface area contributed by atoms with E-state index in [4.69, 9.17) is 4.74 Å². The van der Waals surface area contributed by atoms with Crippen LogP contribution in [0.1, 0.15) is 19.8 Å². The van der Waals surface area contributed by atoms with Gasteiger partial charge >= 0.3 is 6.03 Å². The second kappa shape index (κ2) is 5.26. The summed E-state index contributed by atoms with van der Waals surface area (Å²) in [6.07, 6.45) is 2.02. The van der Waals surface area contributed by atoms with E-state index in [-0.39, 0.29) is 6.10 Å². The van der Waals surface area contributed by atoms with Gasteiger partial charge in [-0.15, -0.1) is 0 Å². The van der Waals surface area contributed by atoms with Crippen molar-refractivity contribution in [3.8, 4) is 0 Å². The van der Waals surface area contributed by atoms with Crippen molar-refractivity contribution in [1.82, 2.24) is 10.6 Å². The molecular weight excluding hydrogens is 238 g/mol. The molecule has 7 heteroatoms. The number of aliphatic imine (C=N–C) groups is 1. The smallest absolute Gasteiger partial charge is 0.328 e. The van der Waals surface area contributed by atoms with Gasteiger partial charge in [-0.3, -0.25) is 25.2 Å². The van der Waals surface area contributed by atoms with Crippen molar-refractivity contribution in [3.05, 3.63) is 0 Å². The van der Waals surface area contributed by atoms with Crippen LogP contribution in [0.4, 0.5) is 4.79 Å². The van der Waals surface area contributed by atoms with Crippen LogP contribution < -0.4 is 10.6 Å². The number of barbiturate groups is 1. The maximum absolute atomic E-state index is 11.5. The Morgan fingerprint density at radius 3 is 2.56 bits per heavy atom. The number of nitrogens with one attached hydrogen (secondary N) is 2. The molecule has 2 rings (SSSR count). The molecule has 2 saturated heterocycles. The van der Waals surface area contributed by atoms with Crippen molar-refractivity contribution >= 4 is 23.6 Å². The number of hydrogen-bond acceptors (Lipinski definition) is 5. The van der Waals surface area contributed by atoms with Crippen molar-refractivity contribution in [1.29, 1.82) is 0 Å². The lowest BCUT2D eigenvalue weighted by Gasteiger charge is -2.20. The summed E-state index contributed by atoms with van der Waals surface area (Å²) in [6, 6.07) is -0.784. The molecule has 0 aliphatic carbocycles. The Labute approximate surface area is 104 Å². The number of carbonyl (C=O) groups excluding carboxylic acids is 3. The van der Waals surface area contributed by atoms with E-state index in [9.17, 15) is 14.4 Å². The van der Waals surface area contributed by atoms with Crippen LogP contribution in [-0.4, -0.2) is 42.8 Å². The molecule has 7 nitrogen and oxygen atoms in total. The summed E-state index contributed by atoms with van der Waals surface area (Å²) in [6.45, 7) is 2.78. The molecular formula is C11H15N3O4. The van der Waals surface area contributed by atoms with Crippen LogP contribution in [0.2, 0.25) is 0 Å². The maximum Gasteiger partial charge on any atom is 0.328 e. The topological polar surface area (TPSA) is 96.9 Å². The van der Waals surface area contributed by atoms with E-state index in [0.29, 0.717) is 12.3 Å². The average Bonchev–Trinajstić information content (AvgIpc) is 2.77. The van der Waals surface area contributed by atoms with Crippen LogP contribution in [0, 0.1) is 5.92 Å². The summed E-state index contributed by atoms with van der Waals surface area (Å²) >= 11 is 0. The summed E-state index contributed by atoms with van der Waals surface area (Å²) in [5, 5.41) is 4.09. The van der Waals surface area contributed by atoms with Gasteiger partial charge in [0.25, 0.3) is 0 Å². The van der Waals surface area contributed by atoms with E-state index in [2.05, 4.69) is 4.99 Å². The number of urea groups is 1. The fraction of sp³-hybridized carbons (Fsp3) is 0.636. The number of rotatable bonds is 3. The minimum atomic E-state index is -1.02. The van der Waals surface area contributed by atoms with Crippen molar-refractivity contribution in [2.24, 2.45) is 10.9 Å². The molecule has 4 amide bonds. The van der Waals surface area contributed by atoms with Crippen LogP contribution in [0.3, 0.4) is 0 Å². The Morgan fingerprint density at radius 1 is 1.33 bits per heavy atom. The van der Waals surface area contributed by atoms with Crippen LogP contribution in [0.5, 0.6) is 0 Å². The quantitative estimate of drug-likeness (QED) is 0.528. The molecule has 2 fully saturated rings. The highest BCUT2D eigenvalue weighted by Gasteiger charge is 2.36. The highest BCUT2D eigenvalue weighted by Crippen LogP contribution is 2.13. The lowest BCUT2D eigenvalue weighted by atomic mass is 10.0. The van der Waals surface area contributed by atoms with E-state index in [1.165, 1.54) is 0 Å². The molecule has 2 heterocycles. The van der Waals surface area contributed by atoms with E-state index in [1.54, 1.807) is 6.92 Å². The van der Waals surface area contributed by atoms with Crippen LogP contribution in [0.15, 0.2) is 4.99 Å². The van der Waals surface area contributed by atoms with Crippen LogP contribution in [-0.2, 0) is 14.3 Å². The Hall–Kier alpha value is -1.76. The zero-order chi connectivity index (χ0) is 13.1. The first kappa shape index (κ1) is 12.7. The van der Waals surface area contributed by atoms with Crippen molar-refractivity contribution in [2.45, 2.75) is 25.9 Å². The van der Waals surface area contributed by atoms with E-state index in [0.717, 1.165) is 19.4 Å². The molecule has 0 unspecified atom stereocenters. The third kappa shape index (κ3) is 2.73. The van der Waals surface area contributed by atoms with Gasteiger partial charge < -0.3 is 4.74 Å². The second-order valence-corrected chi connectivity index (χ2v) is 4.36. The lowest BCUT2D eigenvalue weighted by molar-refractivity contribution is -0.132. The summed E-state index contributed by atoms with van der Waals surface area (Å²) in [5.41, 5.74) is 0.396. The normalized spacial score (nSPS) is 26.2. The molecule has 98 valence electrons. The van der Waals surface area contributed by atoms with Gasteiger partial charge in [-0.05, 0) is 19.8 Å². The molecule has 1 atom stereocenters. The van der Waals surface area contributed by atoms with Crippen LogP contribution >= 0.6 is 0 Å². The highest BCUT2D eigenvalue weighted by molar-refractivity contribution is 6.27. The van der Waals surface area contributed by atoms with Gasteiger partial charge in [-0.2, -0.15) is 0 Å². The first-order chi connectivity index (χ1) is 8.58. The number of nitrogens with zero attached hydrogens (tertiary/aromatic N) is 1. The molecule has 0 bridgehead atoms. The van der Waals surface area contributed by atoms with Crippen molar-refractivity contribution < 1.29 is 19.1 Å². The Balaban J connectivity index is 2.00. The summed E-state index contributed by atoms with van der Waals surface area (Å²) in [4.78, 5) is 38.2. The number of ether oxygens (including phenoxy) is 1. The number of carbonyl (C=O) groups is 3. The number of amides is 4. The average molecular weight is 253 g/mol. The van der Waals surface area contributed by atoms with Gasteiger partial charge in [-0.25, -0.2) is 4.79 Å².